The van der Waals surface area contributed by atoms with Gasteiger partial charge in [-0.2, -0.15) is 0 Å². The maximum absolute atomic E-state index is 12.6. The minimum absolute atomic E-state index is 0.0194. The van der Waals surface area contributed by atoms with Gasteiger partial charge in [0, 0.05) is 30.9 Å². The molecule has 0 saturated carbocycles. The number of amides is 1. The molecule has 0 radical (unpaired) electrons. The summed E-state index contributed by atoms with van der Waals surface area (Å²) < 4.78 is 0. The number of nitrogens with two attached hydrogens (primary N) is 1. The largest absolute Gasteiger partial charge is 0.342 e. The molecule has 1 aliphatic heterocycles. The van der Waals surface area contributed by atoms with Gasteiger partial charge in [-0.25, -0.2) is 4.98 Å². The Bertz CT molecular complexity index is 696. The van der Waals surface area contributed by atoms with Crippen LogP contribution in [0, 0.1) is 5.41 Å². The number of hydrogen-bond donors (Lipinski definition) is 1. The van der Waals surface area contributed by atoms with E-state index in [0.29, 0.717) is 6.42 Å². The van der Waals surface area contributed by atoms with Crippen molar-refractivity contribution in [3.05, 3.63) is 52.0 Å². The molecule has 4 nitrogen and oxygen atoms in total. The average Bonchev–Trinajstić information content (AvgIpc) is 2.98. The molecule has 3 rings (SSSR count). The summed E-state index contributed by atoms with van der Waals surface area (Å²) in [5, 5.41) is 3.07. The van der Waals surface area contributed by atoms with Crippen molar-refractivity contribution in [2.75, 3.05) is 13.1 Å². The fraction of sp³-hybridized carbons (Fsp3) is 0.474. The first-order valence-corrected chi connectivity index (χ1v) is 9.32. The molecule has 1 amide bonds. The lowest BCUT2D eigenvalue weighted by molar-refractivity contribution is -0.133. The first-order valence-electron chi connectivity index (χ1n) is 8.44. The van der Waals surface area contributed by atoms with Gasteiger partial charge in [0.05, 0.1) is 17.1 Å². The minimum atomic E-state index is -0.0194. The van der Waals surface area contributed by atoms with Crippen molar-refractivity contribution in [2.45, 2.75) is 39.2 Å². The Labute approximate surface area is 147 Å². The van der Waals surface area contributed by atoms with Crippen LogP contribution in [0.4, 0.5) is 0 Å². The van der Waals surface area contributed by atoms with Crippen molar-refractivity contribution in [1.29, 1.82) is 0 Å². The number of benzene rings is 1. The predicted molar refractivity (Wildman–Crippen MR) is 98.0 cm³/mol. The summed E-state index contributed by atoms with van der Waals surface area (Å²) in [6, 6.07) is 10.5. The fourth-order valence-electron chi connectivity index (χ4n) is 3.14. The second kappa shape index (κ2) is 7.03. The number of likely N-dealkylation sites (tertiary alicyclic amines) is 1. The van der Waals surface area contributed by atoms with Crippen LogP contribution in [0.3, 0.4) is 0 Å². The van der Waals surface area contributed by atoms with E-state index in [4.69, 9.17) is 5.73 Å². The van der Waals surface area contributed by atoms with E-state index in [1.54, 1.807) is 11.3 Å². The first kappa shape index (κ1) is 17.1. The molecule has 1 unspecified atom stereocenters. The van der Waals surface area contributed by atoms with Crippen LogP contribution in [0.2, 0.25) is 0 Å². The lowest BCUT2D eigenvalue weighted by atomic mass is 9.79. The molecular weight excluding hydrogens is 318 g/mol. The van der Waals surface area contributed by atoms with Crippen molar-refractivity contribution in [3.8, 4) is 0 Å². The van der Waals surface area contributed by atoms with E-state index in [2.05, 4.69) is 31.0 Å². The Morgan fingerprint density at radius 3 is 2.83 bits per heavy atom. The van der Waals surface area contributed by atoms with E-state index in [1.807, 2.05) is 28.5 Å². The smallest absolute Gasteiger partial charge is 0.228 e. The zero-order chi connectivity index (χ0) is 17.2. The summed E-state index contributed by atoms with van der Waals surface area (Å²) in [5.74, 6) is 0.159. The fourth-order valence-corrected chi connectivity index (χ4v) is 3.96. The van der Waals surface area contributed by atoms with Gasteiger partial charge >= 0.3 is 0 Å². The Balaban J connectivity index is 1.59. The highest BCUT2D eigenvalue weighted by Gasteiger charge is 2.35. The van der Waals surface area contributed by atoms with Gasteiger partial charge in [-0.3, -0.25) is 4.79 Å². The van der Waals surface area contributed by atoms with Crippen molar-refractivity contribution in [3.63, 3.8) is 0 Å². The number of thiazole rings is 1. The van der Waals surface area contributed by atoms with Crippen LogP contribution in [-0.2, 0) is 17.6 Å². The van der Waals surface area contributed by atoms with E-state index in [1.165, 1.54) is 5.56 Å². The molecule has 1 fully saturated rings. The van der Waals surface area contributed by atoms with E-state index in [9.17, 15) is 4.79 Å². The van der Waals surface area contributed by atoms with Crippen molar-refractivity contribution < 1.29 is 4.79 Å². The maximum atomic E-state index is 12.6. The van der Waals surface area contributed by atoms with Gasteiger partial charge in [-0.05, 0) is 17.4 Å². The molecule has 0 aliphatic carbocycles. The summed E-state index contributed by atoms with van der Waals surface area (Å²) in [6.07, 6.45) is 2.08. The van der Waals surface area contributed by atoms with Crippen molar-refractivity contribution in [2.24, 2.45) is 11.1 Å². The topological polar surface area (TPSA) is 59.2 Å². The van der Waals surface area contributed by atoms with Gasteiger partial charge in [0.15, 0.2) is 0 Å². The number of nitrogens with zero attached hydrogens (tertiary/aromatic N) is 2. The third-order valence-electron chi connectivity index (χ3n) is 4.79. The second-order valence-electron chi connectivity index (χ2n) is 7.27. The van der Waals surface area contributed by atoms with Crippen LogP contribution in [0.5, 0.6) is 0 Å². The molecule has 1 aromatic carbocycles. The van der Waals surface area contributed by atoms with Gasteiger partial charge in [0.2, 0.25) is 5.91 Å². The zero-order valence-corrected chi connectivity index (χ0v) is 15.2. The van der Waals surface area contributed by atoms with Crippen LogP contribution in [0.15, 0.2) is 35.7 Å². The molecule has 1 aromatic heterocycles. The van der Waals surface area contributed by atoms with Crippen LogP contribution in [0.1, 0.15) is 36.5 Å². The number of carbonyl (C=O) groups excluding carboxylic acids is 1. The average molecular weight is 343 g/mol. The lowest BCUT2D eigenvalue weighted by Gasteiger charge is -2.42. The molecule has 128 valence electrons. The van der Waals surface area contributed by atoms with Gasteiger partial charge in [0.25, 0.3) is 0 Å². The number of hydrogen-bond acceptors (Lipinski definition) is 4. The Morgan fingerprint density at radius 1 is 1.38 bits per heavy atom. The molecule has 1 saturated heterocycles. The maximum Gasteiger partial charge on any atom is 0.228 e. The molecule has 1 aliphatic rings. The monoisotopic (exact) mass is 343 g/mol. The third kappa shape index (κ3) is 4.02. The van der Waals surface area contributed by atoms with Gasteiger partial charge < -0.3 is 10.6 Å². The second-order valence-corrected chi connectivity index (χ2v) is 8.21. The van der Waals surface area contributed by atoms with E-state index < -0.39 is 0 Å². The molecule has 0 bridgehead atoms. The van der Waals surface area contributed by atoms with E-state index in [-0.39, 0.29) is 17.4 Å². The molecule has 5 heteroatoms. The molecular formula is C19H25N3OS. The van der Waals surface area contributed by atoms with Crippen molar-refractivity contribution >= 4 is 17.2 Å². The van der Waals surface area contributed by atoms with Crippen LogP contribution >= 0.6 is 11.3 Å². The van der Waals surface area contributed by atoms with Crippen LogP contribution in [0.25, 0.3) is 0 Å². The molecule has 24 heavy (non-hydrogen) atoms. The van der Waals surface area contributed by atoms with E-state index in [0.717, 1.165) is 36.6 Å². The highest BCUT2D eigenvalue weighted by molar-refractivity contribution is 7.09. The van der Waals surface area contributed by atoms with Crippen LogP contribution < -0.4 is 5.73 Å². The third-order valence-corrected chi connectivity index (χ3v) is 5.69. The van der Waals surface area contributed by atoms with Crippen LogP contribution in [-0.4, -0.2) is 34.9 Å². The Hall–Kier alpha value is -1.72. The summed E-state index contributed by atoms with van der Waals surface area (Å²) in [7, 11) is 0. The highest BCUT2D eigenvalue weighted by Crippen LogP contribution is 2.28. The highest BCUT2D eigenvalue weighted by atomic mass is 32.1. The Kier molecular flexibility index (Phi) is 5.01. The number of piperidine rings is 1. The summed E-state index contributed by atoms with van der Waals surface area (Å²) in [6.45, 7) is 5.76. The van der Waals surface area contributed by atoms with Gasteiger partial charge in [-0.1, -0.05) is 44.2 Å². The van der Waals surface area contributed by atoms with Gasteiger partial charge in [0.1, 0.15) is 0 Å². The molecule has 0 spiro atoms. The SMILES string of the molecule is CC1(C)CN(C(=O)Cc2csc(Cc3ccccc3)n2)CCC1N. The minimum Gasteiger partial charge on any atom is -0.342 e. The molecule has 2 N–H and O–H groups in total. The van der Waals surface area contributed by atoms with E-state index >= 15 is 0 Å². The first-order chi connectivity index (χ1) is 11.4. The number of carbonyl (C=O) groups is 1. The normalized spacial score (nSPS) is 20.1. The summed E-state index contributed by atoms with van der Waals surface area (Å²) in [5.41, 5.74) is 8.26. The standard InChI is InChI=1S/C19H25N3OS/c1-19(2)13-22(9-8-16(19)20)18(23)11-15-12-24-17(21-15)10-14-6-4-3-5-7-14/h3-7,12,16H,8-11,13,20H2,1-2H3. The molecule has 2 heterocycles. The number of rotatable bonds is 4. The Morgan fingerprint density at radius 2 is 2.12 bits per heavy atom. The zero-order valence-electron chi connectivity index (χ0n) is 14.4. The lowest BCUT2D eigenvalue weighted by Crippen LogP contribution is -2.54. The summed E-state index contributed by atoms with van der Waals surface area (Å²) in [4.78, 5) is 19.2. The van der Waals surface area contributed by atoms with Crippen molar-refractivity contribution in [1.82, 2.24) is 9.88 Å². The summed E-state index contributed by atoms with van der Waals surface area (Å²) >= 11 is 1.63. The molecule has 2 aromatic rings. The quantitative estimate of drug-likeness (QED) is 0.929. The molecule has 1 atom stereocenters. The van der Waals surface area contributed by atoms with Gasteiger partial charge in [-0.15, -0.1) is 11.3 Å². The predicted octanol–water partition coefficient (Wildman–Crippen LogP) is 2.86. The number of aromatic nitrogens is 1.